The molecule has 6 nitrogen and oxygen atoms in total. The van der Waals surface area contributed by atoms with Crippen molar-refractivity contribution < 1.29 is 19.1 Å². The van der Waals surface area contributed by atoms with Gasteiger partial charge in [0.15, 0.2) is 11.5 Å². The number of imide groups is 1. The van der Waals surface area contributed by atoms with Crippen molar-refractivity contribution in [3.8, 4) is 17.2 Å². The third kappa shape index (κ3) is 3.89. The van der Waals surface area contributed by atoms with Crippen LogP contribution in [-0.4, -0.2) is 27.4 Å². The average Bonchev–Trinajstić information content (AvgIpc) is 3.43. The van der Waals surface area contributed by atoms with Gasteiger partial charge in [-0.05, 0) is 92.1 Å². The molecule has 8 heteroatoms. The van der Waals surface area contributed by atoms with Crippen molar-refractivity contribution >= 4 is 40.6 Å². The molecule has 0 radical (unpaired) electrons. The topological polar surface area (TPSA) is 60.8 Å². The third-order valence-corrected chi connectivity index (χ3v) is 7.51. The summed E-state index contributed by atoms with van der Waals surface area (Å²) in [6.07, 6.45) is 1.80. The van der Waals surface area contributed by atoms with E-state index in [1.807, 2.05) is 19.9 Å². The third-order valence-electron chi connectivity index (χ3n) is 6.25. The van der Waals surface area contributed by atoms with Gasteiger partial charge in [0.25, 0.3) is 11.1 Å². The number of thioether (sulfide) groups is 1. The van der Waals surface area contributed by atoms with E-state index in [1.165, 1.54) is 16.0 Å². The number of aromatic nitrogens is 1. The lowest BCUT2D eigenvalue weighted by Crippen LogP contribution is -2.27. The summed E-state index contributed by atoms with van der Waals surface area (Å²) in [5.41, 5.74) is 7.12. The number of carbonyl (C=O) groups is 2. The second-order valence-electron chi connectivity index (χ2n) is 8.50. The van der Waals surface area contributed by atoms with E-state index in [2.05, 4.69) is 36.6 Å². The van der Waals surface area contributed by atoms with Gasteiger partial charge in [0, 0.05) is 28.2 Å². The molecule has 5 rings (SSSR count). The number of carbonyl (C=O) groups excluding carboxylic acids is 2. The van der Waals surface area contributed by atoms with Crippen molar-refractivity contribution in [1.82, 2.24) is 9.47 Å². The molecule has 2 aromatic carbocycles. The van der Waals surface area contributed by atoms with Gasteiger partial charge in [-0.1, -0.05) is 17.7 Å². The Kier molecular flexibility index (Phi) is 5.70. The van der Waals surface area contributed by atoms with Gasteiger partial charge in [-0.2, -0.15) is 0 Å². The van der Waals surface area contributed by atoms with Crippen molar-refractivity contribution in [3.63, 3.8) is 0 Å². The van der Waals surface area contributed by atoms with Crippen molar-refractivity contribution in [2.75, 3.05) is 6.79 Å². The highest BCUT2D eigenvalue weighted by Crippen LogP contribution is 2.39. The Labute approximate surface area is 207 Å². The molecule has 1 aromatic heterocycles. The van der Waals surface area contributed by atoms with Crippen LogP contribution in [0.2, 0.25) is 5.02 Å². The van der Waals surface area contributed by atoms with E-state index in [9.17, 15) is 9.59 Å². The second-order valence-corrected chi connectivity index (χ2v) is 9.90. The largest absolute Gasteiger partial charge is 0.454 e. The first kappa shape index (κ1) is 22.6. The molecule has 0 aliphatic carbocycles. The minimum absolute atomic E-state index is 0.0686. The zero-order chi connectivity index (χ0) is 24.1. The number of hydrogen-bond donors (Lipinski definition) is 0. The molecule has 0 spiro atoms. The zero-order valence-electron chi connectivity index (χ0n) is 19.3. The number of rotatable bonds is 4. The Bertz CT molecular complexity index is 1390. The van der Waals surface area contributed by atoms with E-state index in [4.69, 9.17) is 21.1 Å². The lowest BCUT2D eigenvalue weighted by Gasteiger charge is -2.14. The molecular formula is C26H23ClN2O4S. The fourth-order valence-corrected chi connectivity index (χ4v) is 5.27. The summed E-state index contributed by atoms with van der Waals surface area (Å²) >= 11 is 7.30. The lowest BCUT2D eigenvalue weighted by atomic mass is 10.1. The highest BCUT2D eigenvalue weighted by molar-refractivity contribution is 8.18. The number of fused-ring (bicyclic) bond motifs is 1. The van der Waals surface area contributed by atoms with Crippen LogP contribution in [-0.2, 0) is 11.3 Å². The summed E-state index contributed by atoms with van der Waals surface area (Å²) < 4.78 is 12.9. The molecule has 0 saturated carbocycles. The molecule has 2 aliphatic heterocycles. The van der Waals surface area contributed by atoms with Crippen LogP contribution in [0.25, 0.3) is 11.8 Å². The summed E-state index contributed by atoms with van der Waals surface area (Å²) in [4.78, 5) is 27.4. The van der Waals surface area contributed by atoms with Crippen LogP contribution in [0.15, 0.2) is 41.3 Å². The van der Waals surface area contributed by atoms with Gasteiger partial charge in [0.2, 0.25) is 6.79 Å². The van der Waals surface area contributed by atoms with E-state index >= 15 is 0 Å². The monoisotopic (exact) mass is 494 g/mol. The SMILES string of the molecule is Cc1ccc(-n2c(C)cc(/C=C3\SC(=O)N(Cc4cc5c(cc4Cl)OCO5)C3=O)c2C)cc1C. The highest BCUT2D eigenvalue weighted by Gasteiger charge is 2.36. The normalized spacial score (nSPS) is 16.3. The minimum atomic E-state index is -0.334. The summed E-state index contributed by atoms with van der Waals surface area (Å²) in [6, 6.07) is 11.8. The van der Waals surface area contributed by atoms with E-state index in [1.54, 1.807) is 18.2 Å². The highest BCUT2D eigenvalue weighted by atomic mass is 35.5. The number of nitrogens with zero attached hydrogens (tertiary/aromatic N) is 2. The fourth-order valence-electron chi connectivity index (χ4n) is 4.22. The molecule has 34 heavy (non-hydrogen) atoms. The first-order valence-electron chi connectivity index (χ1n) is 10.8. The predicted octanol–water partition coefficient (Wildman–Crippen LogP) is 6.33. The Morgan fingerprint density at radius 1 is 1.00 bits per heavy atom. The molecule has 2 aliphatic rings. The van der Waals surface area contributed by atoms with Crippen molar-refractivity contribution in [2.24, 2.45) is 0 Å². The van der Waals surface area contributed by atoms with Crippen molar-refractivity contribution in [1.29, 1.82) is 0 Å². The van der Waals surface area contributed by atoms with Crippen LogP contribution < -0.4 is 9.47 Å². The second kappa shape index (κ2) is 8.56. The van der Waals surface area contributed by atoms with Gasteiger partial charge in [-0.3, -0.25) is 14.5 Å². The van der Waals surface area contributed by atoms with E-state index < -0.39 is 0 Å². The van der Waals surface area contributed by atoms with Gasteiger partial charge in [-0.25, -0.2) is 0 Å². The molecule has 0 unspecified atom stereocenters. The van der Waals surface area contributed by atoms with Gasteiger partial charge in [0.1, 0.15) is 0 Å². The van der Waals surface area contributed by atoms with Gasteiger partial charge in [-0.15, -0.1) is 0 Å². The number of benzene rings is 2. The maximum absolute atomic E-state index is 13.1. The van der Waals surface area contributed by atoms with Gasteiger partial charge < -0.3 is 14.0 Å². The average molecular weight is 495 g/mol. The molecule has 1 saturated heterocycles. The Morgan fingerprint density at radius 3 is 2.47 bits per heavy atom. The summed E-state index contributed by atoms with van der Waals surface area (Å²) in [6.45, 7) is 8.43. The number of ether oxygens (including phenoxy) is 2. The molecule has 0 bridgehead atoms. The van der Waals surface area contributed by atoms with Crippen LogP contribution in [0, 0.1) is 27.7 Å². The summed E-state index contributed by atoms with van der Waals surface area (Å²) in [7, 11) is 0. The number of aryl methyl sites for hydroxylation is 3. The zero-order valence-corrected chi connectivity index (χ0v) is 20.8. The maximum Gasteiger partial charge on any atom is 0.293 e. The Hall–Kier alpha value is -3.16. The first-order chi connectivity index (χ1) is 16.2. The minimum Gasteiger partial charge on any atom is -0.454 e. The fraction of sp³-hybridized carbons (Fsp3) is 0.231. The van der Waals surface area contributed by atoms with Crippen molar-refractivity contribution in [2.45, 2.75) is 34.2 Å². The molecule has 174 valence electrons. The van der Waals surface area contributed by atoms with E-state index in [0.717, 1.165) is 34.4 Å². The Morgan fingerprint density at radius 2 is 1.74 bits per heavy atom. The quantitative estimate of drug-likeness (QED) is 0.396. The summed E-state index contributed by atoms with van der Waals surface area (Å²) in [5.74, 6) is 0.780. The molecule has 1 fully saturated rings. The maximum atomic E-state index is 13.1. The van der Waals surface area contributed by atoms with Crippen LogP contribution >= 0.6 is 23.4 Å². The lowest BCUT2D eigenvalue weighted by molar-refractivity contribution is -0.123. The van der Waals surface area contributed by atoms with Gasteiger partial charge >= 0.3 is 0 Å². The van der Waals surface area contributed by atoms with Crippen LogP contribution in [0.4, 0.5) is 4.79 Å². The summed E-state index contributed by atoms with van der Waals surface area (Å²) in [5, 5.41) is 0.0946. The molecule has 0 atom stereocenters. The number of halogens is 1. The van der Waals surface area contributed by atoms with Crippen LogP contribution in [0.3, 0.4) is 0 Å². The van der Waals surface area contributed by atoms with E-state index in [-0.39, 0.29) is 24.5 Å². The van der Waals surface area contributed by atoms with Crippen LogP contribution in [0.1, 0.15) is 33.6 Å². The molecule has 2 amide bonds. The molecule has 3 heterocycles. The van der Waals surface area contributed by atoms with Crippen LogP contribution in [0.5, 0.6) is 11.5 Å². The van der Waals surface area contributed by atoms with Gasteiger partial charge in [0.05, 0.1) is 11.4 Å². The van der Waals surface area contributed by atoms with Crippen molar-refractivity contribution in [3.05, 3.63) is 80.0 Å². The molecular weight excluding hydrogens is 472 g/mol. The van der Waals surface area contributed by atoms with E-state index in [0.29, 0.717) is 27.0 Å². The number of hydrogen-bond acceptors (Lipinski definition) is 5. The first-order valence-corrected chi connectivity index (χ1v) is 12.0. The standard InChI is InChI=1S/C26H23ClN2O4S/c1-14-5-6-20(7-15(14)2)29-16(3)8-18(17(29)4)10-24-25(30)28(26(31)34-24)12-19-9-22-23(11-21(19)27)33-13-32-22/h5-11H,12-13H2,1-4H3/b24-10-. The predicted molar refractivity (Wildman–Crippen MR) is 134 cm³/mol. The Balaban J connectivity index is 1.43. The molecule has 0 N–H and O–H groups in total. The number of amides is 2. The molecule has 3 aromatic rings. The smallest absolute Gasteiger partial charge is 0.293 e.